The zero-order valence-corrected chi connectivity index (χ0v) is 7.86. The third-order valence-corrected chi connectivity index (χ3v) is 2.36. The number of hydrogen-bond donors (Lipinski definition) is 2. The molecule has 1 aliphatic rings. The summed E-state index contributed by atoms with van der Waals surface area (Å²) < 4.78 is 0. The highest BCUT2D eigenvalue weighted by Crippen LogP contribution is 2.29. The number of hydrogen-bond acceptors (Lipinski definition) is 3. The number of pyridine rings is 1. The molecule has 0 saturated heterocycles. The molecular formula is C10H13N3O. The average Bonchev–Trinajstić information content (AvgIpc) is 2.98. The zero-order chi connectivity index (χ0) is 9.97. The van der Waals surface area contributed by atoms with Crippen LogP contribution in [0.1, 0.15) is 23.2 Å². The number of amides is 1. The van der Waals surface area contributed by atoms with E-state index >= 15 is 0 Å². The van der Waals surface area contributed by atoms with Crippen LogP contribution in [0.25, 0.3) is 0 Å². The van der Waals surface area contributed by atoms with Gasteiger partial charge in [-0.15, -0.1) is 0 Å². The van der Waals surface area contributed by atoms with Crippen molar-refractivity contribution in [2.45, 2.75) is 12.8 Å². The Hall–Kier alpha value is -1.58. The van der Waals surface area contributed by atoms with Gasteiger partial charge in [-0.05, 0) is 24.8 Å². The molecule has 1 saturated carbocycles. The van der Waals surface area contributed by atoms with E-state index < -0.39 is 5.91 Å². The van der Waals surface area contributed by atoms with Crippen molar-refractivity contribution in [3.05, 3.63) is 24.0 Å². The minimum absolute atomic E-state index is 0.411. The summed E-state index contributed by atoms with van der Waals surface area (Å²) >= 11 is 0. The maximum Gasteiger partial charge on any atom is 0.250 e. The summed E-state index contributed by atoms with van der Waals surface area (Å²) in [6, 6.07) is 1.64. The van der Waals surface area contributed by atoms with E-state index in [-0.39, 0.29) is 0 Å². The van der Waals surface area contributed by atoms with E-state index in [9.17, 15) is 4.79 Å². The number of nitrogens with one attached hydrogen (secondary N) is 1. The molecule has 0 spiro atoms. The van der Waals surface area contributed by atoms with E-state index in [1.165, 1.54) is 12.8 Å². The summed E-state index contributed by atoms with van der Waals surface area (Å²) in [7, 11) is 0. The lowest BCUT2D eigenvalue weighted by molar-refractivity contribution is 0.100. The van der Waals surface area contributed by atoms with Crippen molar-refractivity contribution in [2.24, 2.45) is 11.7 Å². The molecule has 2 rings (SSSR count). The first-order valence-corrected chi connectivity index (χ1v) is 4.75. The van der Waals surface area contributed by atoms with Crippen molar-refractivity contribution in [1.29, 1.82) is 0 Å². The number of carbonyl (C=O) groups is 1. The highest BCUT2D eigenvalue weighted by Gasteiger charge is 2.21. The summed E-state index contributed by atoms with van der Waals surface area (Å²) in [5, 5.41) is 3.19. The second-order valence-electron chi connectivity index (χ2n) is 3.61. The minimum atomic E-state index is -0.411. The largest absolute Gasteiger partial charge is 0.383 e. The number of primary amides is 1. The number of anilines is 1. The summed E-state index contributed by atoms with van der Waals surface area (Å²) in [6.45, 7) is 0.909. The highest BCUT2D eigenvalue weighted by molar-refractivity contribution is 5.98. The predicted octanol–water partition coefficient (Wildman–Crippen LogP) is 1.00. The minimum Gasteiger partial charge on any atom is -0.383 e. The summed E-state index contributed by atoms with van der Waals surface area (Å²) in [5.41, 5.74) is 6.49. The van der Waals surface area contributed by atoms with Crippen LogP contribution in [-0.4, -0.2) is 17.4 Å². The highest BCUT2D eigenvalue weighted by atomic mass is 16.1. The van der Waals surface area contributed by atoms with Crippen molar-refractivity contribution in [3.63, 3.8) is 0 Å². The van der Waals surface area contributed by atoms with Gasteiger partial charge in [0, 0.05) is 12.7 Å². The Kier molecular flexibility index (Phi) is 2.35. The van der Waals surface area contributed by atoms with Crippen LogP contribution in [0, 0.1) is 5.92 Å². The van der Waals surface area contributed by atoms with E-state index in [1.54, 1.807) is 18.5 Å². The van der Waals surface area contributed by atoms with Gasteiger partial charge >= 0.3 is 0 Å². The molecule has 0 bridgehead atoms. The standard InChI is InChI=1S/C10H13N3O/c11-10(14)8-3-4-12-6-9(8)13-5-7-1-2-7/h3-4,6-7,13H,1-2,5H2,(H2,11,14). The molecule has 0 atom stereocenters. The van der Waals surface area contributed by atoms with Gasteiger partial charge in [-0.2, -0.15) is 0 Å². The van der Waals surface area contributed by atoms with E-state index in [0.717, 1.165) is 18.2 Å². The Bertz CT molecular complexity index is 347. The molecule has 0 unspecified atom stereocenters. The van der Waals surface area contributed by atoms with Crippen molar-refractivity contribution in [1.82, 2.24) is 4.98 Å². The first-order chi connectivity index (χ1) is 6.77. The molecule has 4 heteroatoms. The SMILES string of the molecule is NC(=O)c1ccncc1NCC1CC1. The molecule has 74 valence electrons. The topological polar surface area (TPSA) is 68.0 Å². The molecule has 1 aromatic rings. The molecule has 0 radical (unpaired) electrons. The monoisotopic (exact) mass is 191 g/mol. The first-order valence-electron chi connectivity index (χ1n) is 4.75. The number of aromatic nitrogens is 1. The Morgan fingerprint density at radius 3 is 3.07 bits per heavy atom. The third-order valence-electron chi connectivity index (χ3n) is 2.36. The van der Waals surface area contributed by atoms with Gasteiger partial charge in [0.25, 0.3) is 5.91 Å². The van der Waals surface area contributed by atoms with Crippen molar-refractivity contribution >= 4 is 11.6 Å². The second-order valence-corrected chi connectivity index (χ2v) is 3.61. The maximum absolute atomic E-state index is 11.0. The number of carbonyl (C=O) groups excluding carboxylic acids is 1. The molecule has 3 N–H and O–H groups in total. The van der Waals surface area contributed by atoms with Gasteiger partial charge in [0.15, 0.2) is 0 Å². The summed E-state index contributed by atoms with van der Waals surface area (Å²) in [4.78, 5) is 15.0. The van der Waals surface area contributed by atoms with E-state index in [2.05, 4.69) is 10.3 Å². The smallest absolute Gasteiger partial charge is 0.250 e. The fraction of sp³-hybridized carbons (Fsp3) is 0.400. The lowest BCUT2D eigenvalue weighted by Gasteiger charge is -2.07. The molecule has 1 aromatic heterocycles. The Morgan fingerprint density at radius 2 is 2.43 bits per heavy atom. The molecular weight excluding hydrogens is 178 g/mol. The van der Waals surface area contributed by atoms with Crippen LogP contribution in [0.15, 0.2) is 18.5 Å². The second kappa shape index (κ2) is 3.65. The molecule has 0 aromatic carbocycles. The Balaban J connectivity index is 2.09. The van der Waals surface area contributed by atoms with E-state index in [0.29, 0.717) is 5.56 Å². The average molecular weight is 191 g/mol. The molecule has 0 aliphatic heterocycles. The van der Waals surface area contributed by atoms with Gasteiger partial charge in [-0.3, -0.25) is 9.78 Å². The molecule has 1 aliphatic carbocycles. The number of rotatable bonds is 4. The normalized spacial score (nSPS) is 15.1. The van der Waals surface area contributed by atoms with Gasteiger partial charge in [0.2, 0.25) is 0 Å². The molecule has 4 nitrogen and oxygen atoms in total. The van der Waals surface area contributed by atoms with Crippen LogP contribution in [0.3, 0.4) is 0 Å². The van der Waals surface area contributed by atoms with Crippen molar-refractivity contribution in [2.75, 3.05) is 11.9 Å². The fourth-order valence-electron chi connectivity index (χ4n) is 1.33. The van der Waals surface area contributed by atoms with Gasteiger partial charge in [0.1, 0.15) is 0 Å². The van der Waals surface area contributed by atoms with Crippen LogP contribution in [0.4, 0.5) is 5.69 Å². The lowest BCUT2D eigenvalue weighted by Crippen LogP contribution is -2.15. The summed E-state index contributed by atoms with van der Waals surface area (Å²) in [6.07, 6.45) is 5.77. The maximum atomic E-state index is 11.0. The first kappa shape index (κ1) is 8.99. The van der Waals surface area contributed by atoms with Crippen LogP contribution >= 0.6 is 0 Å². The Morgan fingerprint density at radius 1 is 1.64 bits per heavy atom. The van der Waals surface area contributed by atoms with Crippen LogP contribution in [0.5, 0.6) is 0 Å². The van der Waals surface area contributed by atoms with Gasteiger partial charge < -0.3 is 11.1 Å². The lowest BCUT2D eigenvalue weighted by atomic mass is 10.2. The third kappa shape index (κ3) is 2.02. The number of nitrogens with zero attached hydrogens (tertiary/aromatic N) is 1. The van der Waals surface area contributed by atoms with Crippen molar-refractivity contribution < 1.29 is 4.79 Å². The zero-order valence-electron chi connectivity index (χ0n) is 7.86. The quantitative estimate of drug-likeness (QED) is 0.746. The van der Waals surface area contributed by atoms with E-state index in [1.807, 2.05) is 0 Å². The number of nitrogens with two attached hydrogens (primary N) is 1. The predicted molar refractivity (Wildman–Crippen MR) is 54.0 cm³/mol. The van der Waals surface area contributed by atoms with E-state index in [4.69, 9.17) is 5.73 Å². The molecule has 1 fully saturated rings. The van der Waals surface area contributed by atoms with Crippen molar-refractivity contribution in [3.8, 4) is 0 Å². The summed E-state index contributed by atoms with van der Waals surface area (Å²) in [5.74, 6) is 0.349. The molecule has 1 amide bonds. The molecule has 1 heterocycles. The molecule has 14 heavy (non-hydrogen) atoms. The van der Waals surface area contributed by atoms with Crippen LogP contribution in [0.2, 0.25) is 0 Å². The van der Waals surface area contributed by atoms with Crippen LogP contribution in [-0.2, 0) is 0 Å². The van der Waals surface area contributed by atoms with Gasteiger partial charge in [0.05, 0.1) is 17.4 Å². The van der Waals surface area contributed by atoms with Crippen LogP contribution < -0.4 is 11.1 Å². The van der Waals surface area contributed by atoms with Gasteiger partial charge in [-0.1, -0.05) is 0 Å². The van der Waals surface area contributed by atoms with Gasteiger partial charge in [-0.25, -0.2) is 0 Å². The fourth-order valence-corrected chi connectivity index (χ4v) is 1.33. The Labute approximate surface area is 82.5 Å².